The molecule has 2 heteroatoms. The zero-order valence-electron chi connectivity index (χ0n) is 9.28. The predicted octanol–water partition coefficient (Wildman–Crippen LogP) is 3.03. The largest absolute Gasteiger partial charge is 0.495 e. The van der Waals surface area contributed by atoms with Crippen LogP contribution in [-0.4, -0.2) is 17.8 Å². The molecule has 1 aliphatic carbocycles. The second-order valence-corrected chi connectivity index (χ2v) is 5.27. The summed E-state index contributed by atoms with van der Waals surface area (Å²) in [5.74, 6) is 0.636. The van der Waals surface area contributed by atoms with E-state index in [0.29, 0.717) is 18.1 Å². The molecule has 1 saturated carbocycles. The summed E-state index contributed by atoms with van der Waals surface area (Å²) in [6.07, 6.45) is 11.4. The average Bonchev–Trinajstić information content (AvgIpc) is 2.93. The lowest BCUT2D eigenvalue weighted by atomic mass is 9.75. The van der Waals surface area contributed by atoms with Gasteiger partial charge in [-0.1, -0.05) is 6.58 Å². The first-order chi connectivity index (χ1) is 7.34. The smallest absolute Gasteiger partial charge is 0.113 e. The molecular weight excluding hydrogens is 188 g/mol. The van der Waals surface area contributed by atoms with E-state index in [0.717, 1.165) is 0 Å². The minimum atomic E-state index is 0.0849. The minimum Gasteiger partial charge on any atom is -0.495 e. The Morgan fingerprint density at radius 1 is 1.27 bits per heavy atom. The van der Waals surface area contributed by atoms with E-state index in [1.54, 1.807) is 6.26 Å². The van der Waals surface area contributed by atoms with Crippen LogP contribution in [0.15, 0.2) is 12.8 Å². The normalized spacial score (nSPS) is 42.0. The molecule has 0 amide bonds. The summed E-state index contributed by atoms with van der Waals surface area (Å²) >= 11 is 0. The molecule has 3 fully saturated rings. The van der Waals surface area contributed by atoms with Gasteiger partial charge in [0, 0.05) is 5.92 Å². The molecule has 0 radical (unpaired) electrons. The molecule has 84 valence electrons. The van der Waals surface area contributed by atoms with Crippen molar-refractivity contribution in [3.63, 3.8) is 0 Å². The fraction of sp³-hybridized carbons (Fsp3) is 0.846. The van der Waals surface area contributed by atoms with Crippen molar-refractivity contribution in [2.45, 2.75) is 62.8 Å². The molecule has 2 heterocycles. The van der Waals surface area contributed by atoms with Crippen LogP contribution in [0.5, 0.6) is 0 Å². The third-order valence-electron chi connectivity index (χ3n) is 4.55. The third kappa shape index (κ3) is 1.42. The van der Waals surface area contributed by atoms with Crippen molar-refractivity contribution in [3.8, 4) is 0 Å². The molecule has 0 aromatic heterocycles. The summed E-state index contributed by atoms with van der Waals surface area (Å²) in [4.78, 5) is 0. The SMILES string of the molecule is C=COC1(C2CC3CCC2O3)CCCC1. The number of hydrogen-bond acceptors (Lipinski definition) is 2. The van der Waals surface area contributed by atoms with Gasteiger partial charge in [0.1, 0.15) is 5.60 Å². The van der Waals surface area contributed by atoms with Crippen molar-refractivity contribution in [2.24, 2.45) is 5.92 Å². The van der Waals surface area contributed by atoms with Crippen molar-refractivity contribution < 1.29 is 9.47 Å². The average molecular weight is 208 g/mol. The van der Waals surface area contributed by atoms with Crippen molar-refractivity contribution in [3.05, 3.63) is 12.8 Å². The Balaban J connectivity index is 1.80. The molecule has 0 aromatic carbocycles. The Bertz CT molecular complexity index is 255. The lowest BCUT2D eigenvalue weighted by Crippen LogP contribution is -2.42. The summed E-state index contributed by atoms with van der Waals surface area (Å²) in [5.41, 5.74) is 0.0849. The number of rotatable bonds is 3. The zero-order valence-corrected chi connectivity index (χ0v) is 9.28. The van der Waals surface area contributed by atoms with Crippen LogP contribution in [0.2, 0.25) is 0 Å². The number of hydrogen-bond donors (Lipinski definition) is 0. The lowest BCUT2D eigenvalue weighted by Gasteiger charge is -2.37. The van der Waals surface area contributed by atoms with Gasteiger partial charge in [-0.3, -0.25) is 0 Å². The summed E-state index contributed by atoms with van der Waals surface area (Å²) < 4.78 is 11.9. The zero-order chi connectivity index (χ0) is 10.3. The van der Waals surface area contributed by atoms with Crippen LogP contribution >= 0.6 is 0 Å². The standard InChI is InChI=1S/C13H20O2/c1-2-14-13(7-3-4-8-13)11-9-10-5-6-12(11)15-10/h2,10-12H,1,3-9H2. The quantitative estimate of drug-likeness (QED) is 0.664. The molecule has 0 spiro atoms. The van der Waals surface area contributed by atoms with E-state index >= 15 is 0 Å². The van der Waals surface area contributed by atoms with Gasteiger partial charge < -0.3 is 9.47 Å². The predicted molar refractivity (Wildman–Crippen MR) is 58.5 cm³/mol. The van der Waals surface area contributed by atoms with E-state index in [1.807, 2.05) is 0 Å². The molecule has 2 saturated heterocycles. The summed E-state index contributed by atoms with van der Waals surface area (Å²) in [6, 6.07) is 0. The summed E-state index contributed by atoms with van der Waals surface area (Å²) in [5, 5.41) is 0. The van der Waals surface area contributed by atoms with Gasteiger partial charge in [-0.05, 0) is 44.9 Å². The molecule has 3 rings (SSSR count). The molecule has 15 heavy (non-hydrogen) atoms. The highest BCUT2D eigenvalue weighted by Gasteiger charge is 2.53. The molecule has 3 atom stereocenters. The van der Waals surface area contributed by atoms with E-state index in [2.05, 4.69) is 6.58 Å². The molecule has 2 bridgehead atoms. The summed E-state index contributed by atoms with van der Waals surface area (Å²) in [6.45, 7) is 3.74. The van der Waals surface area contributed by atoms with Crippen molar-refractivity contribution in [1.82, 2.24) is 0 Å². The van der Waals surface area contributed by atoms with Crippen molar-refractivity contribution >= 4 is 0 Å². The molecule has 2 aliphatic heterocycles. The molecule has 3 unspecified atom stereocenters. The van der Waals surface area contributed by atoms with Gasteiger partial charge in [0.05, 0.1) is 18.5 Å². The fourth-order valence-corrected chi connectivity index (χ4v) is 3.91. The Hall–Kier alpha value is -0.500. The van der Waals surface area contributed by atoms with Crippen LogP contribution in [0.25, 0.3) is 0 Å². The first-order valence-corrected chi connectivity index (χ1v) is 6.28. The van der Waals surface area contributed by atoms with Crippen LogP contribution in [0.3, 0.4) is 0 Å². The van der Waals surface area contributed by atoms with E-state index in [1.165, 1.54) is 44.9 Å². The summed E-state index contributed by atoms with van der Waals surface area (Å²) in [7, 11) is 0. The van der Waals surface area contributed by atoms with Crippen LogP contribution in [0.4, 0.5) is 0 Å². The van der Waals surface area contributed by atoms with Gasteiger partial charge >= 0.3 is 0 Å². The van der Waals surface area contributed by atoms with Gasteiger partial charge in [0.2, 0.25) is 0 Å². The van der Waals surface area contributed by atoms with E-state index in [4.69, 9.17) is 9.47 Å². The minimum absolute atomic E-state index is 0.0849. The van der Waals surface area contributed by atoms with Crippen LogP contribution < -0.4 is 0 Å². The maximum atomic E-state index is 5.95. The van der Waals surface area contributed by atoms with Crippen molar-refractivity contribution in [1.29, 1.82) is 0 Å². The third-order valence-corrected chi connectivity index (χ3v) is 4.55. The molecule has 0 N–H and O–H groups in total. The Morgan fingerprint density at radius 3 is 2.60 bits per heavy atom. The topological polar surface area (TPSA) is 18.5 Å². The number of fused-ring (bicyclic) bond motifs is 2. The molecular formula is C13H20O2. The lowest BCUT2D eigenvalue weighted by molar-refractivity contribution is -0.0508. The maximum absolute atomic E-state index is 5.95. The maximum Gasteiger partial charge on any atom is 0.113 e. The highest BCUT2D eigenvalue weighted by molar-refractivity contribution is 5.03. The van der Waals surface area contributed by atoms with Gasteiger partial charge in [-0.2, -0.15) is 0 Å². The monoisotopic (exact) mass is 208 g/mol. The van der Waals surface area contributed by atoms with Crippen molar-refractivity contribution in [2.75, 3.05) is 0 Å². The highest BCUT2D eigenvalue weighted by Crippen LogP contribution is 2.51. The van der Waals surface area contributed by atoms with Crippen LogP contribution in [0.1, 0.15) is 44.9 Å². The molecule has 2 nitrogen and oxygen atoms in total. The highest BCUT2D eigenvalue weighted by atomic mass is 16.5. The van der Waals surface area contributed by atoms with E-state index in [9.17, 15) is 0 Å². The fourth-order valence-electron chi connectivity index (χ4n) is 3.91. The second-order valence-electron chi connectivity index (χ2n) is 5.27. The van der Waals surface area contributed by atoms with E-state index < -0.39 is 0 Å². The first kappa shape index (κ1) is 9.71. The van der Waals surface area contributed by atoms with Crippen LogP contribution in [-0.2, 0) is 9.47 Å². The molecule has 3 aliphatic rings. The Labute approximate surface area is 91.6 Å². The van der Waals surface area contributed by atoms with Gasteiger partial charge in [-0.15, -0.1) is 0 Å². The van der Waals surface area contributed by atoms with Gasteiger partial charge in [0.15, 0.2) is 0 Å². The van der Waals surface area contributed by atoms with Crippen LogP contribution in [0, 0.1) is 5.92 Å². The first-order valence-electron chi connectivity index (χ1n) is 6.28. The molecule has 0 aromatic rings. The van der Waals surface area contributed by atoms with Gasteiger partial charge in [0.25, 0.3) is 0 Å². The van der Waals surface area contributed by atoms with E-state index in [-0.39, 0.29) is 5.60 Å². The second kappa shape index (κ2) is 3.51. The Morgan fingerprint density at radius 2 is 2.07 bits per heavy atom. The van der Waals surface area contributed by atoms with Gasteiger partial charge in [-0.25, -0.2) is 0 Å². The number of ether oxygens (including phenoxy) is 2. The Kier molecular flexibility index (Phi) is 2.27.